The number of likely N-dealkylation sites (tertiary alicyclic amines) is 1. The van der Waals surface area contributed by atoms with Crippen molar-refractivity contribution in [3.63, 3.8) is 0 Å². The first-order valence-corrected chi connectivity index (χ1v) is 6.63. The molecule has 1 aliphatic heterocycles. The predicted molar refractivity (Wildman–Crippen MR) is 70.9 cm³/mol. The molecule has 2 heterocycles. The Hall–Kier alpha value is -1.42. The van der Waals surface area contributed by atoms with E-state index >= 15 is 0 Å². The molecule has 2 atom stereocenters. The van der Waals surface area contributed by atoms with E-state index in [4.69, 9.17) is 5.73 Å². The first-order valence-electron chi connectivity index (χ1n) is 6.63. The molecule has 18 heavy (non-hydrogen) atoms. The van der Waals surface area contributed by atoms with Crippen molar-refractivity contribution in [1.29, 1.82) is 0 Å². The van der Waals surface area contributed by atoms with Crippen LogP contribution in [0.1, 0.15) is 25.3 Å². The highest BCUT2D eigenvalue weighted by atomic mass is 16.2. The largest absolute Gasteiger partial charge is 0.342 e. The Morgan fingerprint density at radius 2 is 2.22 bits per heavy atom. The number of hydrogen-bond acceptors (Lipinski definition) is 3. The Labute approximate surface area is 108 Å². The molecule has 98 valence electrons. The van der Waals surface area contributed by atoms with E-state index in [0.29, 0.717) is 12.3 Å². The van der Waals surface area contributed by atoms with E-state index < -0.39 is 0 Å². The molecule has 2 rings (SSSR count). The number of carbonyl (C=O) groups excluding carboxylic acids is 1. The zero-order valence-electron chi connectivity index (χ0n) is 10.9. The summed E-state index contributed by atoms with van der Waals surface area (Å²) in [7, 11) is 0. The van der Waals surface area contributed by atoms with E-state index in [1.165, 1.54) is 0 Å². The van der Waals surface area contributed by atoms with Gasteiger partial charge in [0.25, 0.3) is 0 Å². The fourth-order valence-electron chi connectivity index (χ4n) is 2.50. The van der Waals surface area contributed by atoms with E-state index in [-0.39, 0.29) is 11.9 Å². The highest BCUT2D eigenvalue weighted by Crippen LogP contribution is 2.19. The molecule has 0 spiro atoms. The minimum atomic E-state index is 0.201. The molecule has 1 saturated heterocycles. The third-order valence-corrected chi connectivity index (χ3v) is 3.77. The van der Waals surface area contributed by atoms with Crippen molar-refractivity contribution in [2.75, 3.05) is 13.1 Å². The van der Waals surface area contributed by atoms with Crippen molar-refractivity contribution >= 4 is 5.91 Å². The molecule has 4 heteroatoms. The maximum Gasteiger partial charge on any atom is 0.227 e. The van der Waals surface area contributed by atoms with Crippen LogP contribution in [-0.2, 0) is 11.2 Å². The van der Waals surface area contributed by atoms with Gasteiger partial charge in [0.15, 0.2) is 0 Å². The van der Waals surface area contributed by atoms with Crippen LogP contribution in [0.15, 0.2) is 24.5 Å². The van der Waals surface area contributed by atoms with Gasteiger partial charge in [-0.1, -0.05) is 13.3 Å². The summed E-state index contributed by atoms with van der Waals surface area (Å²) >= 11 is 0. The van der Waals surface area contributed by atoms with Crippen LogP contribution in [0.4, 0.5) is 0 Å². The standard InChI is InChI=1S/C14H21N3O/c1-2-12-10-17(8-5-13(12)15)14(18)9-11-3-6-16-7-4-11/h3-4,6-7,12-13H,2,5,8-10,15H2,1H3. The Bertz CT molecular complexity index is 393. The molecule has 1 aliphatic rings. The van der Waals surface area contributed by atoms with Crippen LogP contribution in [-0.4, -0.2) is 34.9 Å². The van der Waals surface area contributed by atoms with Crippen LogP contribution in [0.5, 0.6) is 0 Å². The molecule has 1 fully saturated rings. The molecule has 1 amide bonds. The topological polar surface area (TPSA) is 59.2 Å². The summed E-state index contributed by atoms with van der Waals surface area (Å²) in [4.78, 5) is 18.1. The summed E-state index contributed by atoms with van der Waals surface area (Å²) in [5.74, 6) is 0.645. The fraction of sp³-hybridized carbons (Fsp3) is 0.571. The summed E-state index contributed by atoms with van der Waals surface area (Å²) in [5, 5.41) is 0. The Morgan fingerprint density at radius 3 is 2.89 bits per heavy atom. The average molecular weight is 247 g/mol. The summed E-state index contributed by atoms with van der Waals surface area (Å²) in [6, 6.07) is 4.04. The van der Waals surface area contributed by atoms with E-state index in [2.05, 4.69) is 11.9 Å². The number of aromatic nitrogens is 1. The Morgan fingerprint density at radius 1 is 1.50 bits per heavy atom. The van der Waals surface area contributed by atoms with Gasteiger partial charge >= 0.3 is 0 Å². The maximum atomic E-state index is 12.2. The third-order valence-electron chi connectivity index (χ3n) is 3.77. The highest BCUT2D eigenvalue weighted by molar-refractivity contribution is 5.78. The second kappa shape index (κ2) is 5.96. The third kappa shape index (κ3) is 3.07. The molecule has 0 bridgehead atoms. The molecule has 0 aliphatic carbocycles. The van der Waals surface area contributed by atoms with E-state index in [1.54, 1.807) is 12.4 Å². The minimum absolute atomic E-state index is 0.201. The number of carbonyl (C=O) groups is 1. The van der Waals surface area contributed by atoms with Crippen LogP contribution >= 0.6 is 0 Å². The molecular formula is C14H21N3O. The number of pyridine rings is 1. The van der Waals surface area contributed by atoms with Crippen molar-refractivity contribution in [2.45, 2.75) is 32.2 Å². The molecule has 0 radical (unpaired) electrons. The van der Waals surface area contributed by atoms with Crippen molar-refractivity contribution < 1.29 is 4.79 Å². The number of piperidine rings is 1. The zero-order chi connectivity index (χ0) is 13.0. The highest BCUT2D eigenvalue weighted by Gasteiger charge is 2.27. The number of amides is 1. The number of nitrogens with zero attached hydrogens (tertiary/aromatic N) is 2. The predicted octanol–water partition coefficient (Wildman–Crippen LogP) is 1.21. The number of hydrogen-bond donors (Lipinski definition) is 1. The summed E-state index contributed by atoms with van der Waals surface area (Å²) < 4.78 is 0. The number of nitrogens with two attached hydrogens (primary N) is 1. The summed E-state index contributed by atoms with van der Waals surface area (Å²) in [6.07, 6.45) is 5.88. The van der Waals surface area contributed by atoms with E-state index in [0.717, 1.165) is 31.5 Å². The Balaban J connectivity index is 1.93. The van der Waals surface area contributed by atoms with Crippen LogP contribution in [0.25, 0.3) is 0 Å². The van der Waals surface area contributed by atoms with Gasteiger partial charge in [-0.2, -0.15) is 0 Å². The first kappa shape index (κ1) is 13.0. The van der Waals surface area contributed by atoms with Crippen LogP contribution in [0, 0.1) is 5.92 Å². The molecule has 1 aromatic heterocycles. The normalized spacial score (nSPS) is 24.0. The van der Waals surface area contributed by atoms with Gasteiger partial charge in [-0.15, -0.1) is 0 Å². The van der Waals surface area contributed by atoms with Crippen molar-refractivity contribution in [1.82, 2.24) is 9.88 Å². The average Bonchev–Trinajstić information content (AvgIpc) is 2.40. The second-order valence-corrected chi connectivity index (χ2v) is 4.99. The lowest BCUT2D eigenvalue weighted by Crippen LogP contribution is -2.49. The first-order chi connectivity index (χ1) is 8.70. The lowest BCUT2D eigenvalue weighted by atomic mass is 9.90. The van der Waals surface area contributed by atoms with Gasteiger partial charge in [-0.25, -0.2) is 0 Å². The number of rotatable bonds is 3. The van der Waals surface area contributed by atoms with Crippen molar-refractivity contribution in [3.8, 4) is 0 Å². The van der Waals surface area contributed by atoms with Gasteiger partial charge in [0.05, 0.1) is 6.42 Å². The van der Waals surface area contributed by atoms with E-state index in [9.17, 15) is 4.79 Å². The lowest BCUT2D eigenvalue weighted by Gasteiger charge is -2.36. The SMILES string of the molecule is CCC1CN(C(=O)Cc2ccncc2)CCC1N. The van der Waals surface area contributed by atoms with Gasteiger partial charge < -0.3 is 10.6 Å². The molecule has 0 aromatic carbocycles. The monoisotopic (exact) mass is 247 g/mol. The van der Waals surface area contributed by atoms with Gasteiger partial charge in [-0.05, 0) is 30.0 Å². The molecule has 0 saturated carbocycles. The maximum absolute atomic E-state index is 12.2. The summed E-state index contributed by atoms with van der Waals surface area (Å²) in [6.45, 7) is 3.74. The van der Waals surface area contributed by atoms with Gasteiger partial charge in [-0.3, -0.25) is 9.78 Å². The molecule has 2 N–H and O–H groups in total. The van der Waals surface area contributed by atoms with Gasteiger partial charge in [0, 0.05) is 31.5 Å². The molecular weight excluding hydrogens is 226 g/mol. The Kier molecular flexibility index (Phi) is 4.31. The second-order valence-electron chi connectivity index (χ2n) is 4.99. The van der Waals surface area contributed by atoms with Crippen LogP contribution < -0.4 is 5.73 Å². The lowest BCUT2D eigenvalue weighted by molar-refractivity contribution is -0.132. The molecule has 1 aromatic rings. The van der Waals surface area contributed by atoms with Crippen LogP contribution in [0.3, 0.4) is 0 Å². The van der Waals surface area contributed by atoms with Crippen LogP contribution in [0.2, 0.25) is 0 Å². The van der Waals surface area contributed by atoms with Crippen molar-refractivity contribution in [3.05, 3.63) is 30.1 Å². The molecule has 2 unspecified atom stereocenters. The van der Waals surface area contributed by atoms with Crippen molar-refractivity contribution in [2.24, 2.45) is 11.7 Å². The quantitative estimate of drug-likeness (QED) is 0.873. The minimum Gasteiger partial charge on any atom is -0.342 e. The molecule has 4 nitrogen and oxygen atoms in total. The van der Waals surface area contributed by atoms with Gasteiger partial charge in [0.2, 0.25) is 5.91 Å². The smallest absolute Gasteiger partial charge is 0.227 e. The fourth-order valence-corrected chi connectivity index (χ4v) is 2.50. The zero-order valence-corrected chi connectivity index (χ0v) is 10.9. The summed E-state index contributed by atoms with van der Waals surface area (Å²) in [5.41, 5.74) is 7.08. The van der Waals surface area contributed by atoms with E-state index in [1.807, 2.05) is 17.0 Å². The van der Waals surface area contributed by atoms with Gasteiger partial charge in [0.1, 0.15) is 0 Å².